The molecule has 1 aromatic carbocycles. The van der Waals surface area contributed by atoms with Gasteiger partial charge in [0.1, 0.15) is 0 Å². The minimum Gasteiger partial charge on any atom is -0.393 e. The number of amides is 2. The average molecular weight is 264 g/mol. The Kier molecular flexibility index (Phi) is 6.36. The van der Waals surface area contributed by atoms with Crippen molar-refractivity contribution in [2.75, 3.05) is 13.1 Å². The van der Waals surface area contributed by atoms with E-state index >= 15 is 0 Å². The summed E-state index contributed by atoms with van der Waals surface area (Å²) < 4.78 is 0. The van der Waals surface area contributed by atoms with E-state index in [2.05, 4.69) is 42.7 Å². The molecule has 2 unspecified atom stereocenters. The van der Waals surface area contributed by atoms with Crippen molar-refractivity contribution in [1.29, 1.82) is 0 Å². The zero-order valence-electron chi connectivity index (χ0n) is 11.9. The molecule has 106 valence electrons. The molecule has 19 heavy (non-hydrogen) atoms. The number of urea groups is 1. The number of hydrogen-bond donors (Lipinski definition) is 3. The lowest BCUT2D eigenvalue weighted by molar-refractivity contribution is 0.183. The molecule has 1 aromatic rings. The fourth-order valence-corrected chi connectivity index (χ4v) is 1.80. The van der Waals surface area contributed by atoms with Crippen LogP contribution < -0.4 is 10.6 Å². The number of benzene rings is 1. The molecule has 2 amide bonds. The van der Waals surface area contributed by atoms with Gasteiger partial charge in [-0.1, -0.05) is 36.8 Å². The summed E-state index contributed by atoms with van der Waals surface area (Å²) in [5.41, 5.74) is 2.45. The van der Waals surface area contributed by atoms with Gasteiger partial charge in [-0.25, -0.2) is 4.79 Å². The first-order valence-corrected chi connectivity index (χ1v) is 6.75. The first-order valence-electron chi connectivity index (χ1n) is 6.75. The van der Waals surface area contributed by atoms with E-state index in [1.807, 2.05) is 6.07 Å². The van der Waals surface area contributed by atoms with E-state index in [0.29, 0.717) is 19.5 Å². The van der Waals surface area contributed by atoms with E-state index < -0.39 is 0 Å². The second kappa shape index (κ2) is 7.79. The third-order valence-corrected chi connectivity index (χ3v) is 3.03. The van der Waals surface area contributed by atoms with Gasteiger partial charge in [-0.15, -0.1) is 0 Å². The van der Waals surface area contributed by atoms with Gasteiger partial charge in [0, 0.05) is 13.1 Å². The maximum atomic E-state index is 11.5. The monoisotopic (exact) mass is 264 g/mol. The molecule has 1 rings (SSSR count). The SMILES string of the molecule is Cc1cccc(C(C)CNC(=O)NCCC(C)O)c1. The molecule has 0 aliphatic carbocycles. The first-order chi connectivity index (χ1) is 8.99. The number of aliphatic hydroxyl groups is 1. The highest BCUT2D eigenvalue weighted by Gasteiger charge is 2.07. The lowest BCUT2D eigenvalue weighted by Crippen LogP contribution is -2.38. The van der Waals surface area contributed by atoms with E-state index in [0.717, 1.165) is 0 Å². The van der Waals surface area contributed by atoms with Crippen molar-refractivity contribution in [1.82, 2.24) is 10.6 Å². The van der Waals surface area contributed by atoms with Crippen LogP contribution in [0.15, 0.2) is 24.3 Å². The van der Waals surface area contributed by atoms with E-state index in [9.17, 15) is 4.79 Å². The van der Waals surface area contributed by atoms with E-state index in [1.54, 1.807) is 6.92 Å². The van der Waals surface area contributed by atoms with Crippen molar-refractivity contribution in [2.45, 2.75) is 39.2 Å². The zero-order chi connectivity index (χ0) is 14.3. The fourth-order valence-electron chi connectivity index (χ4n) is 1.80. The topological polar surface area (TPSA) is 61.4 Å². The summed E-state index contributed by atoms with van der Waals surface area (Å²) in [6.45, 7) is 6.95. The molecule has 0 saturated heterocycles. The molecule has 0 aliphatic heterocycles. The van der Waals surface area contributed by atoms with Gasteiger partial charge < -0.3 is 15.7 Å². The highest BCUT2D eigenvalue weighted by Crippen LogP contribution is 2.15. The van der Waals surface area contributed by atoms with Gasteiger partial charge in [-0.2, -0.15) is 0 Å². The van der Waals surface area contributed by atoms with Crippen molar-refractivity contribution in [3.63, 3.8) is 0 Å². The molecular weight excluding hydrogens is 240 g/mol. The molecule has 0 saturated carbocycles. The molecule has 0 fully saturated rings. The molecule has 0 radical (unpaired) electrons. The predicted octanol–water partition coefficient (Wildman–Crippen LogP) is 2.17. The van der Waals surface area contributed by atoms with Gasteiger partial charge in [0.05, 0.1) is 6.10 Å². The second-order valence-electron chi connectivity index (χ2n) is 5.09. The van der Waals surface area contributed by atoms with Crippen molar-refractivity contribution < 1.29 is 9.90 Å². The van der Waals surface area contributed by atoms with Gasteiger partial charge in [-0.3, -0.25) is 0 Å². The molecular formula is C15H24N2O2. The first kappa shape index (κ1) is 15.5. The minimum atomic E-state index is -0.383. The van der Waals surface area contributed by atoms with Crippen LogP contribution in [0.3, 0.4) is 0 Å². The molecule has 0 aliphatic rings. The fraction of sp³-hybridized carbons (Fsp3) is 0.533. The average Bonchev–Trinajstić information content (AvgIpc) is 2.35. The Labute approximate surface area is 115 Å². The van der Waals surface area contributed by atoms with E-state index in [4.69, 9.17) is 5.11 Å². The van der Waals surface area contributed by atoms with Crippen LogP contribution in [0.1, 0.15) is 37.3 Å². The smallest absolute Gasteiger partial charge is 0.314 e. The zero-order valence-corrected chi connectivity index (χ0v) is 11.9. The largest absolute Gasteiger partial charge is 0.393 e. The Morgan fingerprint density at radius 3 is 2.68 bits per heavy atom. The van der Waals surface area contributed by atoms with Gasteiger partial charge in [0.2, 0.25) is 0 Å². The number of nitrogens with one attached hydrogen (secondary N) is 2. The van der Waals surface area contributed by atoms with E-state index in [-0.39, 0.29) is 18.1 Å². The maximum Gasteiger partial charge on any atom is 0.314 e. The third kappa shape index (κ3) is 6.25. The molecule has 0 heterocycles. The highest BCUT2D eigenvalue weighted by atomic mass is 16.3. The summed E-state index contributed by atoms with van der Waals surface area (Å²) in [4.78, 5) is 11.5. The Morgan fingerprint density at radius 1 is 1.32 bits per heavy atom. The summed E-state index contributed by atoms with van der Waals surface area (Å²) in [6, 6.07) is 8.12. The van der Waals surface area contributed by atoms with Crippen LogP contribution in [0, 0.1) is 6.92 Å². The molecule has 2 atom stereocenters. The lowest BCUT2D eigenvalue weighted by atomic mass is 9.99. The maximum absolute atomic E-state index is 11.5. The Balaban J connectivity index is 2.30. The van der Waals surface area contributed by atoms with Gasteiger partial charge in [0.25, 0.3) is 0 Å². The van der Waals surface area contributed by atoms with Gasteiger partial charge >= 0.3 is 6.03 Å². The third-order valence-electron chi connectivity index (χ3n) is 3.03. The highest BCUT2D eigenvalue weighted by molar-refractivity contribution is 5.73. The molecule has 4 heteroatoms. The lowest BCUT2D eigenvalue weighted by Gasteiger charge is -2.14. The molecule has 0 spiro atoms. The van der Waals surface area contributed by atoms with Crippen LogP contribution >= 0.6 is 0 Å². The number of aryl methyl sites for hydroxylation is 1. The number of carbonyl (C=O) groups is 1. The summed E-state index contributed by atoms with van der Waals surface area (Å²) in [5, 5.41) is 14.7. The van der Waals surface area contributed by atoms with Gasteiger partial charge in [-0.05, 0) is 31.7 Å². The van der Waals surface area contributed by atoms with Crippen molar-refractivity contribution in [3.05, 3.63) is 35.4 Å². The van der Waals surface area contributed by atoms with Crippen LogP contribution in [0.2, 0.25) is 0 Å². The van der Waals surface area contributed by atoms with Crippen LogP contribution in [0.5, 0.6) is 0 Å². The summed E-state index contributed by atoms with van der Waals surface area (Å²) in [7, 11) is 0. The van der Waals surface area contributed by atoms with E-state index in [1.165, 1.54) is 11.1 Å². The van der Waals surface area contributed by atoms with Crippen LogP contribution in [0.4, 0.5) is 4.79 Å². The van der Waals surface area contributed by atoms with Crippen molar-refractivity contribution >= 4 is 6.03 Å². The van der Waals surface area contributed by atoms with Crippen LogP contribution in [-0.2, 0) is 0 Å². The molecule has 3 N–H and O–H groups in total. The standard InChI is InChI=1S/C15H24N2O2/c1-11-5-4-6-14(9-11)12(2)10-17-15(19)16-8-7-13(3)18/h4-6,9,12-13,18H,7-8,10H2,1-3H3,(H2,16,17,19). The Hall–Kier alpha value is -1.55. The number of rotatable bonds is 6. The summed E-state index contributed by atoms with van der Waals surface area (Å²) >= 11 is 0. The number of aliphatic hydroxyl groups excluding tert-OH is 1. The van der Waals surface area contributed by atoms with Crippen LogP contribution in [-0.4, -0.2) is 30.3 Å². The Morgan fingerprint density at radius 2 is 2.05 bits per heavy atom. The van der Waals surface area contributed by atoms with Crippen molar-refractivity contribution in [2.24, 2.45) is 0 Å². The van der Waals surface area contributed by atoms with Crippen molar-refractivity contribution in [3.8, 4) is 0 Å². The quantitative estimate of drug-likeness (QED) is 0.737. The normalized spacial score (nSPS) is 13.7. The van der Waals surface area contributed by atoms with Crippen LogP contribution in [0.25, 0.3) is 0 Å². The molecule has 0 aromatic heterocycles. The minimum absolute atomic E-state index is 0.180. The summed E-state index contributed by atoms with van der Waals surface area (Å²) in [5.74, 6) is 0.280. The Bertz CT molecular complexity index is 405. The molecule has 4 nitrogen and oxygen atoms in total. The summed E-state index contributed by atoms with van der Waals surface area (Å²) in [6.07, 6.45) is 0.187. The second-order valence-corrected chi connectivity index (χ2v) is 5.09. The molecule has 0 bridgehead atoms. The number of hydrogen-bond acceptors (Lipinski definition) is 2. The number of carbonyl (C=O) groups excluding carboxylic acids is 1. The predicted molar refractivity (Wildman–Crippen MR) is 77.3 cm³/mol. The van der Waals surface area contributed by atoms with Gasteiger partial charge in [0.15, 0.2) is 0 Å².